The maximum absolute atomic E-state index is 12.5. The third-order valence-corrected chi connectivity index (χ3v) is 5.97. The Morgan fingerprint density at radius 3 is 2.75 bits per heavy atom. The molecule has 0 radical (unpaired) electrons. The van der Waals surface area contributed by atoms with E-state index < -0.39 is 10.0 Å². The van der Waals surface area contributed by atoms with Crippen molar-refractivity contribution in [3.8, 4) is 0 Å². The zero-order valence-corrected chi connectivity index (χ0v) is 16.3. The Kier molecular flexibility index (Phi) is 4.87. The molecule has 144 valence electrons. The van der Waals surface area contributed by atoms with Crippen molar-refractivity contribution in [3.05, 3.63) is 82.8 Å². The molecule has 3 aromatic rings. The normalized spacial score (nSPS) is 13.4. The lowest BCUT2D eigenvalue weighted by Gasteiger charge is -2.16. The summed E-state index contributed by atoms with van der Waals surface area (Å²) in [6, 6.07) is 15.2. The molecule has 0 aliphatic carbocycles. The van der Waals surface area contributed by atoms with Crippen molar-refractivity contribution in [2.24, 2.45) is 0 Å². The molecule has 1 aromatic heterocycles. The van der Waals surface area contributed by atoms with Gasteiger partial charge in [-0.1, -0.05) is 23.7 Å². The lowest BCUT2D eigenvalue weighted by atomic mass is 10.1. The highest BCUT2D eigenvalue weighted by Crippen LogP contribution is 2.32. The van der Waals surface area contributed by atoms with E-state index in [2.05, 4.69) is 4.72 Å². The summed E-state index contributed by atoms with van der Waals surface area (Å²) in [7, 11) is -3.59. The highest BCUT2D eigenvalue weighted by Gasteiger charge is 2.27. The average Bonchev–Trinajstić information content (AvgIpc) is 3.30. The van der Waals surface area contributed by atoms with Crippen molar-refractivity contribution in [2.45, 2.75) is 12.2 Å². The molecule has 2 aromatic carbocycles. The topological polar surface area (TPSA) is 79.6 Å². The van der Waals surface area contributed by atoms with Crippen LogP contribution in [0.5, 0.6) is 0 Å². The van der Waals surface area contributed by atoms with Crippen molar-refractivity contribution >= 4 is 38.9 Å². The van der Waals surface area contributed by atoms with Gasteiger partial charge in [-0.15, -0.1) is 0 Å². The Hall–Kier alpha value is -2.77. The molecule has 0 saturated carbocycles. The number of sulfonamides is 1. The van der Waals surface area contributed by atoms with E-state index in [1.165, 1.54) is 6.26 Å². The fraction of sp³-hybridized carbons (Fsp3) is 0.150. The van der Waals surface area contributed by atoms with Crippen LogP contribution in [-0.4, -0.2) is 20.9 Å². The second kappa shape index (κ2) is 7.33. The molecule has 0 bridgehead atoms. The lowest BCUT2D eigenvalue weighted by Crippen LogP contribution is -2.28. The standard InChI is InChI=1S/C20H17ClN2O4S/c21-16-4-1-3-14(11-16)13-28(25,26)22-17-6-7-18-15(12-17)8-9-23(18)20(24)19-5-2-10-27-19/h1-7,10-12,22H,8-9,13H2. The van der Waals surface area contributed by atoms with E-state index in [0.717, 1.165) is 11.3 Å². The third kappa shape index (κ3) is 3.90. The number of rotatable bonds is 5. The van der Waals surface area contributed by atoms with E-state index in [-0.39, 0.29) is 17.4 Å². The highest BCUT2D eigenvalue weighted by atomic mass is 35.5. The molecular weight excluding hydrogens is 400 g/mol. The van der Waals surface area contributed by atoms with Crippen LogP contribution in [0.1, 0.15) is 21.7 Å². The number of anilines is 2. The lowest BCUT2D eigenvalue weighted by molar-refractivity contribution is 0.0963. The number of hydrogen-bond donors (Lipinski definition) is 1. The zero-order valence-electron chi connectivity index (χ0n) is 14.8. The number of fused-ring (bicyclic) bond motifs is 1. The number of hydrogen-bond acceptors (Lipinski definition) is 4. The summed E-state index contributed by atoms with van der Waals surface area (Å²) in [6.07, 6.45) is 2.10. The molecule has 0 unspecified atom stereocenters. The maximum Gasteiger partial charge on any atom is 0.293 e. The highest BCUT2D eigenvalue weighted by molar-refractivity contribution is 7.91. The van der Waals surface area contributed by atoms with Crippen molar-refractivity contribution in [3.63, 3.8) is 0 Å². The molecule has 0 fully saturated rings. The Morgan fingerprint density at radius 1 is 1.14 bits per heavy atom. The molecule has 28 heavy (non-hydrogen) atoms. The third-order valence-electron chi connectivity index (χ3n) is 4.47. The van der Waals surface area contributed by atoms with Gasteiger partial charge in [0.1, 0.15) is 0 Å². The molecule has 6 nitrogen and oxygen atoms in total. The molecule has 4 rings (SSSR count). The van der Waals surface area contributed by atoms with Gasteiger partial charge in [0.15, 0.2) is 5.76 Å². The van der Waals surface area contributed by atoms with Gasteiger partial charge in [0.25, 0.3) is 5.91 Å². The van der Waals surface area contributed by atoms with E-state index in [4.69, 9.17) is 16.0 Å². The second-order valence-corrected chi connectivity index (χ2v) is 8.68. The van der Waals surface area contributed by atoms with Gasteiger partial charge in [0.05, 0.1) is 12.0 Å². The Labute approximate surface area is 167 Å². The average molecular weight is 417 g/mol. The van der Waals surface area contributed by atoms with Gasteiger partial charge in [-0.05, 0) is 60.0 Å². The molecule has 0 atom stereocenters. The number of amides is 1. The minimum atomic E-state index is -3.59. The molecule has 8 heteroatoms. The number of halogens is 1. The molecule has 0 saturated heterocycles. The van der Waals surface area contributed by atoms with Gasteiger partial charge in [0, 0.05) is 22.9 Å². The first-order chi connectivity index (χ1) is 13.4. The van der Waals surface area contributed by atoms with Gasteiger partial charge < -0.3 is 9.32 Å². The fourth-order valence-electron chi connectivity index (χ4n) is 3.27. The molecule has 1 N–H and O–H groups in total. The number of carbonyl (C=O) groups excluding carboxylic acids is 1. The molecular formula is C20H17ClN2O4S. The first-order valence-electron chi connectivity index (χ1n) is 8.64. The molecule has 1 amide bonds. The number of nitrogens with zero attached hydrogens (tertiary/aromatic N) is 1. The monoisotopic (exact) mass is 416 g/mol. The van der Waals surface area contributed by atoms with Gasteiger partial charge in [-0.3, -0.25) is 9.52 Å². The van der Waals surface area contributed by atoms with Crippen LogP contribution in [0.3, 0.4) is 0 Å². The minimum Gasteiger partial charge on any atom is -0.459 e. The zero-order chi connectivity index (χ0) is 19.7. The summed E-state index contributed by atoms with van der Waals surface area (Å²) in [5, 5.41) is 0.492. The molecule has 1 aliphatic heterocycles. The maximum atomic E-state index is 12.5. The largest absolute Gasteiger partial charge is 0.459 e. The SMILES string of the molecule is O=C(c1ccco1)N1CCc2cc(NS(=O)(=O)Cc3cccc(Cl)c3)ccc21. The quantitative estimate of drug-likeness (QED) is 0.679. The van der Waals surface area contributed by atoms with Crippen LogP contribution in [0, 0.1) is 0 Å². The van der Waals surface area contributed by atoms with Gasteiger partial charge in [-0.25, -0.2) is 8.42 Å². The van der Waals surface area contributed by atoms with Crippen LogP contribution < -0.4 is 9.62 Å². The predicted octanol–water partition coefficient (Wildman–Crippen LogP) is 4.08. The van der Waals surface area contributed by atoms with Crippen molar-refractivity contribution in [1.82, 2.24) is 0 Å². The second-order valence-electron chi connectivity index (χ2n) is 6.52. The Bertz CT molecular complexity index is 1130. The first-order valence-corrected chi connectivity index (χ1v) is 10.7. The Balaban J connectivity index is 1.51. The van der Waals surface area contributed by atoms with Gasteiger partial charge in [0.2, 0.25) is 10.0 Å². The van der Waals surface area contributed by atoms with E-state index in [9.17, 15) is 13.2 Å². The number of carbonyl (C=O) groups is 1. The first kappa shape index (κ1) is 18.6. The molecule has 2 heterocycles. The smallest absolute Gasteiger partial charge is 0.293 e. The summed E-state index contributed by atoms with van der Waals surface area (Å²) in [4.78, 5) is 14.2. The van der Waals surface area contributed by atoms with Crippen LogP contribution in [0.4, 0.5) is 11.4 Å². The summed E-state index contributed by atoms with van der Waals surface area (Å²) in [5.74, 6) is -0.106. The van der Waals surface area contributed by atoms with Crippen molar-refractivity contribution < 1.29 is 17.6 Å². The van der Waals surface area contributed by atoms with E-state index >= 15 is 0 Å². The van der Waals surface area contributed by atoms with Crippen LogP contribution >= 0.6 is 11.6 Å². The fourth-order valence-corrected chi connectivity index (χ4v) is 4.66. The number of nitrogens with one attached hydrogen (secondary N) is 1. The summed E-state index contributed by atoms with van der Waals surface area (Å²) >= 11 is 5.92. The van der Waals surface area contributed by atoms with E-state index in [0.29, 0.717) is 29.2 Å². The van der Waals surface area contributed by atoms with Crippen LogP contribution in [0.2, 0.25) is 5.02 Å². The number of benzene rings is 2. The predicted molar refractivity (Wildman–Crippen MR) is 108 cm³/mol. The van der Waals surface area contributed by atoms with Gasteiger partial charge >= 0.3 is 0 Å². The van der Waals surface area contributed by atoms with Crippen molar-refractivity contribution in [2.75, 3.05) is 16.2 Å². The number of furan rings is 1. The van der Waals surface area contributed by atoms with Crippen LogP contribution in [0.15, 0.2) is 65.3 Å². The van der Waals surface area contributed by atoms with Crippen LogP contribution in [-0.2, 0) is 22.2 Å². The molecule has 1 aliphatic rings. The summed E-state index contributed by atoms with van der Waals surface area (Å²) < 4.78 is 32.7. The Morgan fingerprint density at radius 2 is 2.00 bits per heavy atom. The summed E-state index contributed by atoms with van der Waals surface area (Å²) in [5.41, 5.74) is 2.74. The van der Waals surface area contributed by atoms with E-state index in [1.807, 2.05) is 0 Å². The van der Waals surface area contributed by atoms with E-state index in [1.54, 1.807) is 59.5 Å². The summed E-state index contributed by atoms with van der Waals surface area (Å²) in [6.45, 7) is 0.521. The van der Waals surface area contributed by atoms with Gasteiger partial charge in [-0.2, -0.15) is 0 Å². The molecule has 0 spiro atoms. The minimum absolute atomic E-state index is 0.173. The van der Waals surface area contributed by atoms with Crippen molar-refractivity contribution in [1.29, 1.82) is 0 Å². The van der Waals surface area contributed by atoms with Crippen LogP contribution in [0.25, 0.3) is 0 Å².